The van der Waals surface area contributed by atoms with Gasteiger partial charge in [0, 0.05) is 12.1 Å². The number of aryl methyl sites for hydroxylation is 1. The molecule has 1 fully saturated rings. The second-order valence-electron chi connectivity index (χ2n) is 5.92. The summed E-state index contributed by atoms with van der Waals surface area (Å²) in [6.07, 6.45) is 5.57. The van der Waals surface area contributed by atoms with Gasteiger partial charge in [-0.15, -0.1) is 0 Å². The van der Waals surface area contributed by atoms with Crippen LogP contribution >= 0.6 is 0 Å². The normalized spacial score (nSPS) is 20.9. The Balaban J connectivity index is 1.79. The maximum absolute atomic E-state index is 11.9. The number of imide groups is 1. The van der Waals surface area contributed by atoms with Crippen molar-refractivity contribution in [3.05, 3.63) is 35.4 Å². The molecule has 0 unspecified atom stereocenters. The summed E-state index contributed by atoms with van der Waals surface area (Å²) in [6.45, 7) is 0.243. The number of carbonyl (C=O) groups is 2. The molecule has 3 N–H and O–H groups in total. The maximum Gasteiger partial charge on any atom is 0.318 e. The predicted molar refractivity (Wildman–Crippen MR) is 79.6 cm³/mol. The number of primary amides is 1. The molecule has 2 aliphatic carbocycles. The molecule has 112 valence electrons. The second kappa shape index (κ2) is 5.85. The molecule has 2 aliphatic rings. The Morgan fingerprint density at radius 2 is 2.00 bits per heavy atom. The quantitative estimate of drug-likeness (QED) is 0.885. The first-order valence-corrected chi connectivity index (χ1v) is 7.58. The van der Waals surface area contributed by atoms with Crippen LogP contribution in [-0.2, 0) is 11.2 Å². The molecule has 1 atom stereocenters. The van der Waals surface area contributed by atoms with E-state index in [0.717, 1.165) is 32.1 Å². The molecule has 1 aromatic carbocycles. The van der Waals surface area contributed by atoms with Crippen LogP contribution < -0.4 is 11.1 Å². The number of hydrogen-bond donors (Lipinski definition) is 2. The van der Waals surface area contributed by atoms with Gasteiger partial charge in [0.2, 0.25) is 5.91 Å². The van der Waals surface area contributed by atoms with Gasteiger partial charge in [-0.2, -0.15) is 0 Å². The van der Waals surface area contributed by atoms with Gasteiger partial charge in [-0.1, -0.05) is 24.3 Å². The molecule has 0 bridgehead atoms. The summed E-state index contributed by atoms with van der Waals surface area (Å²) >= 11 is 0. The lowest BCUT2D eigenvalue weighted by molar-refractivity contribution is -0.122. The van der Waals surface area contributed by atoms with Crippen molar-refractivity contribution < 1.29 is 9.59 Å². The molecule has 1 saturated carbocycles. The molecular weight excluding hydrogens is 266 g/mol. The van der Waals surface area contributed by atoms with Crippen molar-refractivity contribution in [3.63, 3.8) is 0 Å². The molecule has 0 aromatic heterocycles. The third-order valence-electron chi connectivity index (χ3n) is 4.34. The van der Waals surface area contributed by atoms with Gasteiger partial charge in [0.1, 0.15) is 0 Å². The average molecular weight is 287 g/mol. The first kappa shape index (κ1) is 14.1. The van der Waals surface area contributed by atoms with E-state index in [-0.39, 0.29) is 18.5 Å². The number of urea groups is 1. The van der Waals surface area contributed by atoms with Gasteiger partial charge in [-0.25, -0.2) is 4.79 Å². The fraction of sp³-hybridized carbons (Fsp3) is 0.500. The van der Waals surface area contributed by atoms with Crippen LogP contribution in [0.3, 0.4) is 0 Å². The van der Waals surface area contributed by atoms with Crippen LogP contribution in [0.2, 0.25) is 0 Å². The number of nitrogens with two attached hydrogens (primary N) is 1. The molecule has 3 amide bonds. The summed E-state index contributed by atoms with van der Waals surface area (Å²) in [4.78, 5) is 25.0. The lowest BCUT2D eigenvalue weighted by Gasteiger charge is -2.35. The van der Waals surface area contributed by atoms with E-state index in [2.05, 4.69) is 34.5 Å². The number of fused-ring (bicyclic) bond motifs is 1. The number of nitrogens with zero attached hydrogens (tertiary/aromatic N) is 1. The monoisotopic (exact) mass is 287 g/mol. The summed E-state index contributed by atoms with van der Waals surface area (Å²) in [5, 5.41) is 2.18. The minimum atomic E-state index is -0.778. The largest absolute Gasteiger partial charge is 0.351 e. The zero-order valence-corrected chi connectivity index (χ0v) is 12.0. The Hall–Kier alpha value is -1.88. The Morgan fingerprint density at radius 3 is 2.71 bits per heavy atom. The van der Waals surface area contributed by atoms with Gasteiger partial charge in [0.25, 0.3) is 0 Å². The van der Waals surface area contributed by atoms with Crippen molar-refractivity contribution in [2.45, 2.75) is 44.2 Å². The summed E-state index contributed by atoms with van der Waals surface area (Å²) in [5.74, 6) is -0.308. The molecule has 0 radical (unpaired) electrons. The van der Waals surface area contributed by atoms with Crippen LogP contribution in [0, 0.1) is 0 Å². The Bertz CT molecular complexity index is 554. The smallest absolute Gasteiger partial charge is 0.318 e. The fourth-order valence-electron chi connectivity index (χ4n) is 3.32. The van der Waals surface area contributed by atoms with E-state index < -0.39 is 6.03 Å². The second-order valence-corrected chi connectivity index (χ2v) is 5.92. The average Bonchev–Trinajstić information content (AvgIpc) is 3.28. The Labute approximate surface area is 124 Å². The van der Waals surface area contributed by atoms with Gasteiger partial charge >= 0.3 is 6.03 Å². The minimum Gasteiger partial charge on any atom is -0.351 e. The SMILES string of the molecule is NC(=O)NC(=O)CN(C1CC1)[C@@H]1CCCc2ccccc21. The van der Waals surface area contributed by atoms with Crippen LogP contribution in [0.25, 0.3) is 0 Å². The standard InChI is InChI=1S/C16H21N3O2/c17-16(21)18-15(20)10-19(12-8-9-12)14-7-3-5-11-4-1-2-6-13(11)14/h1-2,4,6,12,14H,3,5,7-10H2,(H3,17,18,20,21)/t14-/m1/s1. The Kier molecular flexibility index (Phi) is 3.92. The summed E-state index contributed by atoms with van der Waals surface area (Å²) < 4.78 is 0. The topological polar surface area (TPSA) is 75.4 Å². The molecule has 5 heteroatoms. The zero-order valence-electron chi connectivity index (χ0n) is 12.0. The highest BCUT2D eigenvalue weighted by molar-refractivity contribution is 5.94. The third kappa shape index (κ3) is 3.24. The van der Waals surface area contributed by atoms with Gasteiger partial charge in [-0.05, 0) is 43.2 Å². The fourth-order valence-corrected chi connectivity index (χ4v) is 3.32. The van der Waals surface area contributed by atoms with Crippen LogP contribution in [0.4, 0.5) is 4.79 Å². The van der Waals surface area contributed by atoms with Crippen LogP contribution in [0.5, 0.6) is 0 Å². The summed E-state index contributed by atoms with van der Waals surface area (Å²) in [6, 6.07) is 8.44. The third-order valence-corrected chi connectivity index (χ3v) is 4.34. The van der Waals surface area contributed by atoms with Crippen molar-refractivity contribution in [1.29, 1.82) is 0 Å². The highest BCUT2D eigenvalue weighted by atomic mass is 16.2. The van der Waals surface area contributed by atoms with Crippen molar-refractivity contribution in [3.8, 4) is 0 Å². The van der Waals surface area contributed by atoms with Gasteiger partial charge in [0.05, 0.1) is 6.54 Å². The van der Waals surface area contributed by atoms with Gasteiger partial charge in [-0.3, -0.25) is 15.0 Å². The number of nitrogens with one attached hydrogen (secondary N) is 1. The molecule has 0 spiro atoms. The van der Waals surface area contributed by atoms with E-state index in [1.807, 2.05) is 0 Å². The molecule has 5 nitrogen and oxygen atoms in total. The van der Waals surface area contributed by atoms with Crippen molar-refractivity contribution in [2.24, 2.45) is 5.73 Å². The number of amides is 3. The highest BCUT2D eigenvalue weighted by Gasteiger charge is 2.37. The molecule has 21 heavy (non-hydrogen) atoms. The lowest BCUT2D eigenvalue weighted by Crippen LogP contribution is -2.44. The van der Waals surface area contributed by atoms with Crippen molar-refractivity contribution in [2.75, 3.05) is 6.54 Å². The molecule has 3 rings (SSSR count). The lowest BCUT2D eigenvalue weighted by atomic mass is 9.86. The van der Waals surface area contributed by atoms with E-state index in [1.165, 1.54) is 11.1 Å². The van der Waals surface area contributed by atoms with Gasteiger partial charge in [0.15, 0.2) is 0 Å². The molecular formula is C16H21N3O2. The molecule has 0 heterocycles. The first-order valence-electron chi connectivity index (χ1n) is 7.58. The first-order chi connectivity index (χ1) is 10.1. The number of carbonyl (C=O) groups excluding carboxylic acids is 2. The maximum atomic E-state index is 11.9. The van der Waals surface area contributed by atoms with E-state index in [1.54, 1.807) is 0 Å². The zero-order chi connectivity index (χ0) is 14.8. The number of rotatable bonds is 4. The molecule has 0 aliphatic heterocycles. The summed E-state index contributed by atoms with van der Waals surface area (Å²) in [7, 11) is 0. The minimum absolute atomic E-state index is 0.243. The van der Waals surface area contributed by atoms with Crippen LogP contribution in [-0.4, -0.2) is 29.4 Å². The van der Waals surface area contributed by atoms with E-state index >= 15 is 0 Å². The number of benzene rings is 1. The number of hydrogen-bond acceptors (Lipinski definition) is 3. The van der Waals surface area contributed by atoms with Crippen molar-refractivity contribution in [1.82, 2.24) is 10.2 Å². The predicted octanol–water partition coefficient (Wildman–Crippen LogP) is 1.72. The Morgan fingerprint density at radius 1 is 1.24 bits per heavy atom. The van der Waals surface area contributed by atoms with E-state index in [4.69, 9.17) is 5.73 Å². The molecule has 1 aromatic rings. The summed E-state index contributed by atoms with van der Waals surface area (Å²) in [5.41, 5.74) is 7.75. The van der Waals surface area contributed by atoms with Gasteiger partial charge < -0.3 is 5.73 Å². The van der Waals surface area contributed by atoms with Crippen LogP contribution in [0.15, 0.2) is 24.3 Å². The van der Waals surface area contributed by atoms with Crippen LogP contribution in [0.1, 0.15) is 42.9 Å². The molecule has 0 saturated heterocycles. The highest BCUT2D eigenvalue weighted by Crippen LogP contribution is 2.40. The van der Waals surface area contributed by atoms with Crippen molar-refractivity contribution >= 4 is 11.9 Å². The van der Waals surface area contributed by atoms with E-state index in [9.17, 15) is 9.59 Å². The van der Waals surface area contributed by atoms with E-state index in [0.29, 0.717) is 6.04 Å².